The van der Waals surface area contributed by atoms with Crippen molar-refractivity contribution in [2.45, 2.75) is 26.1 Å². The van der Waals surface area contributed by atoms with Crippen molar-refractivity contribution in [3.8, 4) is 16.8 Å². The molecule has 0 amide bonds. The second-order valence-corrected chi connectivity index (χ2v) is 6.43. The molecule has 3 rings (SSSR count). The van der Waals surface area contributed by atoms with Gasteiger partial charge in [0.05, 0.1) is 17.4 Å². The minimum atomic E-state index is -4.36. The van der Waals surface area contributed by atoms with Crippen LogP contribution in [0.1, 0.15) is 25.0 Å². The van der Waals surface area contributed by atoms with E-state index in [1.54, 1.807) is 26.2 Å². The molecule has 0 aliphatic carbocycles. The van der Waals surface area contributed by atoms with E-state index in [4.69, 9.17) is 0 Å². The zero-order chi connectivity index (χ0) is 19.6. The van der Waals surface area contributed by atoms with E-state index >= 15 is 0 Å². The Hall–Kier alpha value is -3.09. The zero-order valence-corrected chi connectivity index (χ0v) is 14.8. The van der Waals surface area contributed by atoms with Crippen LogP contribution in [-0.2, 0) is 6.18 Å². The summed E-state index contributed by atoms with van der Waals surface area (Å²) in [4.78, 5) is 0. The average Bonchev–Trinajstić information content (AvgIpc) is 3.11. The number of halogens is 3. The van der Waals surface area contributed by atoms with E-state index in [1.165, 1.54) is 23.0 Å². The Bertz CT molecular complexity index is 957. The smallest absolute Gasteiger partial charge is 0.416 e. The highest BCUT2D eigenvalue weighted by atomic mass is 19.4. The van der Waals surface area contributed by atoms with E-state index in [1.807, 2.05) is 24.3 Å². The van der Waals surface area contributed by atoms with Crippen molar-refractivity contribution in [2.75, 3.05) is 0 Å². The van der Waals surface area contributed by atoms with Gasteiger partial charge in [0.2, 0.25) is 0 Å². The van der Waals surface area contributed by atoms with Crippen molar-refractivity contribution in [3.63, 3.8) is 0 Å². The van der Waals surface area contributed by atoms with Gasteiger partial charge in [-0.2, -0.15) is 18.3 Å². The summed E-state index contributed by atoms with van der Waals surface area (Å²) in [5.74, 6) is 0. The summed E-state index contributed by atoms with van der Waals surface area (Å²) in [7, 11) is 0. The van der Waals surface area contributed by atoms with E-state index in [2.05, 4.69) is 5.10 Å². The normalized spacial score (nSPS) is 12.6. The summed E-state index contributed by atoms with van der Waals surface area (Å²) in [6, 6.07) is 12.1. The Morgan fingerprint density at radius 3 is 2.41 bits per heavy atom. The number of hydroxylamine groups is 1. The van der Waals surface area contributed by atoms with Crippen LogP contribution in [-0.4, -0.2) is 26.8 Å². The largest absolute Gasteiger partial charge is 0.624 e. The maximum Gasteiger partial charge on any atom is 0.416 e. The summed E-state index contributed by atoms with van der Waals surface area (Å²) in [5.41, 5.74) is 2.25. The molecule has 0 aliphatic rings. The molecule has 140 valence electrons. The molecule has 4 nitrogen and oxygen atoms in total. The first-order valence-electron chi connectivity index (χ1n) is 8.37. The van der Waals surface area contributed by atoms with Gasteiger partial charge in [0.25, 0.3) is 0 Å². The average molecular weight is 373 g/mol. The number of rotatable bonds is 4. The molecule has 27 heavy (non-hydrogen) atoms. The number of hydrogen-bond acceptors (Lipinski definition) is 2. The van der Waals surface area contributed by atoms with Crippen LogP contribution in [0.5, 0.6) is 0 Å². The third-order valence-electron chi connectivity index (χ3n) is 4.05. The predicted molar refractivity (Wildman–Crippen MR) is 97.9 cm³/mol. The lowest BCUT2D eigenvalue weighted by Gasteiger charge is -2.08. The Labute approximate surface area is 154 Å². The minimum Gasteiger partial charge on any atom is -0.624 e. The van der Waals surface area contributed by atoms with E-state index < -0.39 is 11.7 Å². The molecule has 1 heterocycles. The Balaban J connectivity index is 1.87. The van der Waals surface area contributed by atoms with Crippen molar-refractivity contribution in [2.24, 2.45) is 0 Å². The van der Waals surface area contributed by atoms with Gasteiger partial charge < -0.3 is 5.21 Å². The number of aromatic nitrogens is 2. The number of benzene rings is 2. The van der Waals surface area contributed by atoms with Crippen molar-refractivity contribution < 1.29 is 17.9 Å². The van der Waals surface area contributed by atoms with Gasteiger partial charge in [-0.25, -0.2) is 9.42 Å². The van der Waals surface area contributed by atoms with E-state index in [0.29, 0.717) is 5.69 Å². The third kappa shape index (κ3) is 4.36. The van der Waals surface area contributed by atoms with Crippen LogP contribution >= 0.6 is 0 Å². The molecule has 0 atom stereocenters. The first-order chi connectivity index (χ1) is 12.7. The fourth-order valence-corrected chi connectivity index (χ4v) is 2.51. The number of nitrogens with zero attached hydrogens (tertiary/aromatic N) is 3. The third-order valence-corrected chi connectivity index (χ3v) is 4.05. The molecule has 1 aromatic heterocycles. The lowest BCUT2D eigenvalue weighted by Crippen LogP contribution is -2.14. The van der Waals surface area contributed by atoms with Crippen molar-refractivity contribution >= 4 is 6.21 Å². The van der Waals surface area contributed by atoms with Crippen molar-refractivity contribution in [1.29, 1.82) is 0 Å². The molecule has 7 heteroatoms. The van der Waals surface area contributed by atoms with Crippen molar-refractivity contribution in [1.82, 2.24) is 9.78 Å². The molecular formula is C20H18F3N3O. The second kappa shape index (κ2) is 7.26. The molecule has 3 aromatic rings. The van der Waals surface area contributed by atoms with E-state index in [0.717, 1.165) is 33.6 Å². The van der Waals surface area contributed by atoms with Crippen LogP contribution in [0.3, 0.4) is 0 Å². The lowest BCUT2D eigenvalue weighted by atomic mass is 10.1. The van der Waals surface area contributed by atoms with Crippen LogP contribution in [0.2, 0.25) is 0 Å². The Morgan fingerprint density at radius 2 is 1.78 bits per heavy atom. The van der Waals surface area contributed by atoms with Crippen LogP contribution in [0.25, 0.3) is 16.8 Å². The van der Waals surface area contributed by atoms with Gasteiger partial charge in [-0.1, -0.05) is 12.1 Å². The highest BCUT2D eigenvalue weighted by Gasteiger charge is 2.30. The molecule has 0 radical (unpaired) electrons. The SMILES string of the molecule is CC(C)[N+]([O-])=Cc1cccc(-c2cnn(-c3ccc(C(F)(F)F)cc3)c2)c1. The zero-order valence-electron chi connectivity index (χ0n) is 14.8. The number of hydrogen-bond donors (Lipinski definition) is 0. The van der Waals surface area contributed by atoms with Crippen LogP contribution in [0.15, 0.2) is 60.9 Å². The molecule has 0 spiro atoms. The van der Waals surface area contributed by atoms with Gasteiger partial charge in [0, 0.05) is 17.3 Å². The van der Waals surface area contributed by atoms with Gasteiger partial charge in [0.1, 0.15) is 0 Å². The topological polar surface area (TPSA) is 43.9 Å². The summed E-state index contributed by atoms with van der Waals surface area (Å²) in [5, 5.41) is 16.0. The van der Waals surface area contributed by atoms with Crippen molar-refractivity contribution in [3.05, 3.63) is 77.3 Å². The number of alkyl halides is 3. The first kappa shape index (κ1) is 18.7. The summed E-state index contributed by atoms with van der Waals surface area (Å²) >= 11 is 0. The van der Waals surface area contributed by atoms with Crippen LogP contribution in [0.4, 0.5) is 13.2 Å². The monoisotopic (exact) mass is 373 g/mol. The van der Waals surface area contributed by atoms with Gasteiger partial charge in [-0.15, -0.1) is 0 Å². The predicted octanol–water partition coefficient (Wildman–Crippen LogP) is 4.90. The molecule has 2 aromatic carbocycles. The fraction of sp³-hybridized carbons (Fsp3) is 0.200. The summed E-state index contributed by atoms with van der Waals surface area (Å²) in [6.07, 6.45) is 0.526. The molecule has 0 saturated heterocycles. The maximum absolute atomic E-state index is 12.7. The Kier molecular flexibility index (Phi) is 5.03. The standard InChI is InChI=1S/C20H18F3N3O/c1-14(2)26(27)12-15-4-3-5-16(10-15)17-11-24-25(13-17)19-8-6-18(7-9-19)20(21,22)23/h3-14H,1-2H3. The molecule has 0 N–H and O–H groups in total. The fourth-order valence-electron chi connectivity index (χ4n) is 2.51. The van der Waals surface area contributed by atoms with Crippen LogP contribution in [0, 0.1) is 5.21 Å². The quantitative estimate of drug-likeness (QED) is 0.283. The molecule has 0 unspecified atom stereocenters. The summed E-state index contributed by atoms with van der Waals surface area (Å²) < 4.78 is 40.4. The maximum atomic E-state index is 12.7. The molecule has 0 fully saturated rings. The van der Waals surface area contributed by atoms with E-state index in [9.17, 15) is 18.4 Å². The molecule has 0 bridgehead atoms. The lowest BCUT2D eigenvalue weighted by molar-refractivity contribution is -0.487. The highest BCUT2D eigenvalue weighted by Crippen LogP contribution is 2.29. The molecule has 0 aliphatic heterocycles. The minimum absolute atomic E-state index is 0.156. The molecular weight excluding hydrogens is 355 g/mol. The summed E-state index contributed by atoms with van der Waals surface area (Å²) in [6.45, 7) is 3.61. The van der Waals surface area contributed by atoms with Gasteiger partial charge in [-0.3, -0.25) is 0 Å². The highest BCUT2D eigenvalue weighted by molar-refractivity contribution is 5.79. The first-order valence-corrected chi connectivity index (χ1v) is 8.37. The second-order valence-electron chi connectivity index (χ2n) is 6.43. The Morgan fingerprint density at radius 1 is 1.07 bits per heavy atom. The van der Waals surface area contributed by atoms with Gasteiger partial charge in [-0.05, 0) is 55.8 Å². The van der Waals surface area contributed by atoms with Crippen LogP contribution < -0.4 is 0 Å². The van der Waals surface area contributed by atoms with Gasteiger partial charge >= 0.3 is 6.18 Å². The van der Waals surface area contributed by atoms with E-state index in [-0.39, 0.29) is 6.04 Å². The molecule has 0 saturated carbocycles. The van der Waals surface area contributed by atoms with Gasteiger partial charge in [0.15, 0.2) is 12.3 Å².